The average molecular weight is 461 g/mol. The molecule has 1 aromatic rings. The third-order valence-corrected chi connectivity index (χ3v) is 6.52. The molecule has 0 bridgehead atoms. The third kappa shape index (κ3) is 7.18. The van der Waals surface area contributed by atoms with Gasteiger partial charge < -0.3 is 24.0 Å². The summed E-state index contributed by atoms with van der Waals surface area (Å²) in [6.45, 7) is 8.38. The van der Waals surface area contributed by atoms with E-state index in [0.29, 0.717) is 63.3 Å². The molecule has 0 spiro atoms. The number of methoxy groups -OCH3 is 1. The van der Waals surface area contributed by atoms with E-state index < -0.39 is 0 Å². The minimum absolute atomic E-state index is 0.0208. The first-order valence-electron chi connectivity index (χ1n) is 12.4. The van der Waals surface area contributed by atoms with Gasteiger partial charge in [-0.05, 0) is 50.2 Å². The molecule has 1 saturated heterocycles. The van der Waals surface area contributed by atoms with Crippen molar-refractivity contribution in [3.63, 3.8) is 0 Å². The lowest BCUT2D eigenvalue weighted by molar-refractivity contribution is -0.142. The predicted octanol–water partition coefficient (Wildman–Crippen LogP) is 3.62. The SMILES string of the molecule is COCCN1CCCCN(C(=O)C2CCOCC2)[C@@H](CC(C)C)COc2ccccc2C1=O. The monoisotopic (exact) mass is 460 g/mol. The third-order valence-electron chi connectivity index (χ3n) is 6.52. The number of rotatable bonds is 6. The van der Waals surface area contributed by atoms with Crippen LogP contribution in [0.2, 0.25) is 0 Å². The highest BCUT2D eigenvalue weighted by atomic mass is 16.5. The Bertz CT molecular complexity index is 763. The molecule has 1 aromatic carbocycles. The molecule has 2 aliphatic rings. The van der Waals surface area contributed by atoms with Crippen molar-refractivity contribution in [1.82, 2.24) is 9.80 Å². The van der Waals surface area contributed by atoms with E-state index in [1.807, 2.05) is 29.2 Å². The minimum atomic E-state index is -0.0289. The standard InChI is InChI=1S/C26H40N2O5/c1-20(2)18-22-19-33-24-9-5-4-8-23(24)26(30)27(14-17-31-3)12-6-7-13-28(22)25(29)21-10-15-32-16-11-21/h4-5,8-9,20-22H,6-7,10-19H2,1-3H3/t22-/m0/s1. The van der Waals surface area contributed by atoms with Crippen LogP contribution in [0.1, 0.15) is 56.3 Å². The second kappa shape index (κ2) is 12.9. The van der Waals surface area contributed by atoms with Gasteiger partial charge in [-0.2, -0.15) is 0 Å². The molecule has 1 atom stereocenters. The largest absolute Gasteiger partial charge is 0.491 e. The number of carbonyl (C=O) groups is 2. The van der Waals surface area contributed by atoms with E-state index in [-0.39, 0.29) is 23.8 Å². The van der Waals surface area contributed by atoms with E-state index in [1.165, 1.54) is 0 Å². The number of benzene rings is 1. The Morgan fingerprint density at radius 3 is 2.61 bits per heavy atom. The van der Waals surface area contributed by atoms with Crippen molar-refractivity contribution >= 4 is 11.8 Å². The molecule has 33 heavy (non-hydrogen) atoms. The molecule has 2 amide bonds. The highest BCUT2D eigenvalue weighted by Crippen LogP contribution is 2.26. The van der Waals surface area contributed by atoms with Gasteiger partial charge in [-0.1, -0.05) is 26.0 Å². The number of fused-ring (bicyclic) bond motifs is 1. The van der Waals surface area contributed by atoms with Gasteiger partial charge in [0.05, 0.1) is 18.2 Å². The van der Waals surface area contributed by atoms with Crippen LogP contribution in [0.3, 0.4) is 0 Å². The van der Waals surface area contributed by atoms with Gasteiger partial charge in [0, 0.05) is 45.9 Å². The van der Waals surface area contributed by atoms with Crippen LogP contribution in [0.15, 0.2) is 24.3 Å². The Hall–Kier alpha value is -2.12. The van der Waals surface area contributed by atoms with Crippen LogP contribution in [0.5, 0.6) is 5.75 Å². The Kier molecular flexibility index (Phi) is 10.0. The molecule has 0 N–H and O–H groups in total. The lowest BCUT2D eigenvalue weighted by Crippen LogP contribution is -2.48. The van der Waals surface area contributed by atoms with E-state index in [0.717, 1.165) is 32.1 Å². The Labute approximate surface area is 198 Å². The van der Waals surface area contributed by atoms with Crippen LogP contribution >= 0.6 is 0 Å². The molecule has 0 aliphatic carbocycles. The normalized spacial score (nSPS) is 21.2. The van der Waals surface area contributed by atoms with Crippen LogP contribution in [0.4, 0.5) is 0 Å². The maximum absolute atomic E-state index is 13.6. The molecule has 7 heteroatoms. The van der Waals surface area contributed by atoms with Crippen molar-refractivity contribution in [3.8, 4) is 5.75 Å². The number of hydrogen-bond acceptors (Lipinski definition) is 5. The van der Waals surface area contributed by atoms with Gasteiger partial charge in [0.25, 0.3) is 5.91 Å². The maximum Gasteiger partial charge on any atom is 0.257 e. The van der Waals surface area contributed by atoms with Crippen LogP contribution in [-0.4, -0.2) is 80.8 Å². The van der Waals surface area contributed by atoms with Gasteiger partial charge in [-0.3, -0.25) is 9.59 Å². The van der Waals surface area contributed by atoms with Crippen molar-refractivity contribution in [2.24, 2.45) is 11.8 Å². The van der Waals surface area contributed by atoms with Crippen molar-refractivity contribution in [1.29, 1.82) is 0 Å². The van der Waals surface area contributed by atoms with Gasteiger partial charge >= 0.3 is 0 Å². The van der Waals surface area contributed by atoms with E-state index in [1.54, 1.807) is 7.11 Å². The van der Waals surface area contributed by atoms with Crippen LogP contribution < -0.4 is 4.74 Å². The Morgan fingerprint density at radius 1 is 1.15 bits per heavy atom. The number of amides is 2. The summed E-state index contributed by atoms with van der Waals surface area (Å²) in [5.74, 6) is 1.23. The zero-order valence-corrected chi connectivity index (χ0v) is 20.5. The fourth-order valence-corrected chi connectivity index (χ4v) is 4.71. The fourth-order valence-electron chi connectivity index (χ4n) is 4.71. The highest BCUT2D eigenvalue weighted by Gasteiger charge is 2.32. The molecule has 0 aromatic heterocycles. The zero-order valence-electron chi connectivity index (χ0n) is 20.5. The van der Waals surface area contributed by atoms with E-state index in [2.05, 4.69) is 18.7 Å². The molecular weight excluding hydrogens is 420 g/mol. The minimum Gasteiger partial charge on any atom is -0.491 e. The van der Waals surface area contributed by atoms with E-state index >= 15 is 0 Å². The molecule has 0 unspecified atom stereocenters. The van der Waals surface area contributed by atoms with Crippen LogP contribution in [0.25, 0.3) is 0 Å². The molecule has 7 nitrogen and oxygen atoms in total. The van der Waals surface area contributed by atoms with Gasteiger partial charge in [-0.25, -0.2) is 0 Å². The number of ether oxygens (including phenoxy) is 3. The molecule has 2 heterocycles. The predicted molar refractivity (Wildman–Crippen MR) is 127 cm³/mol. The summed E-state index contributed by atoms with van der Waals surface area (Å²) in [5, 5.41) is 0. The molecule has 3 rings (SSSR count). The molecular formula is C26H40N2O5. The first-order valence-corrected chi connectivity index (χ1v) is 12.4. The number of carbonyl (C=O) groups excluding carboxylic acids is 2. The lowest BCUT2D eigenvalue weighted by atomic mass is 9.95. The van der Waals surface area contributed by atoms with Gasteiger partial charge in [0.2, 0.25) is 5.91 Å². The van der Waals surface area contributed by atoms with E-state index in [4.69, 9.17) is 14.2 Å². The topological polar surface area (TPSA) is 68.3 Å². The summed E-state index contributed by atoms with van der Waals surface area (Å²) in [6, 6.07) is 7.41. The summed E-state index contributed by atoms with van der Waals surface area (Å²) in [5.41, 5.74) is 0.569. The second-order valence-corrected chi connectivity index (χ2v) is 9.50. The molecule has 2 aliphatic heterocycles. The Balaban J connectivity index is 1.87. The average Bonchev–Trinajstić information content (AvgIpc) is 2.83. The molecule has 0 radical (unpaired) electrons. The number of nitrogens with zero attached hydrogens (tertiary/aromatic N) is 2. The van der Waals surface area contributed by atoms with Gasteiger partial charge in [-0.15, -0.1) is 0 Å². The smallest absolute Gasteiger partial charge is 0.257 e. The number of para-hydroxylation sites is 1. The van der Waals surface area contributed by atoms with Crippen LogP contribution in [-0.2, 0) is 14.3 Å². The van der Waals surface area contributed by atoms with E-state index in [9.17, 15) is 9.59 Å². The summed E-state index contributed by atoms with van der Waals surface area (Å²) in [7, 11) is 1.65. The summed E-state index contributed by atoms with van der Waals surface area (Å²) in [4.78, 5) is 30.8. The first kappa shape index (κ1) is 25.5. The summed E-state index contributed by atoms with van der Waals surface area (Å²) in [6.07, 6.45) is 4.12. The maximum atomic E-state index is 13.6. The second-order valence-electron chi connectivity index (χ2n) is 9.50. The molecule has 0 saturated carbocycles. The zero-order chi connectivity index (χ0) is 23.6. The molecule has 1 fully saturated rings. The van der Waals surface area contributed by atoms with Crippen LogP contribution in [0, 0.1) is 11.8 Å². The number of hydrogen-bond donors (Lipinski definition) is 0. The highest BCUT2D eigenvalue weighted by molar-refractivity contribution is 5.97. The first-order chi connectivity index (χ1) is 16.0. The van der Waals surface area contributed by atoms with Crippen molar-refractivity contribution in [2.75, 3.05) is 53.2 Å². The fraction of sp³-hybridized carbons (Fsp3) is 0.692. The Morgan fingerprint density at radius 2 is 1.88 bits per heavy atom. The summed E-state index contributed by atoms with van der Waals surface area (Å²) < 4.78 is 17.0. The van der Waals surface area contributed by atoms with Gasteiger partial charge in [0.1, 0.15) is 12.4 Å². The molecule has 184 valence electrons. The van der Waals surface area contributed by atoms with Crippen molar-refractivity contribution in [3.05, 3.63) is 29.8 Å². The van der Waals surface area contributed by atoms with Crippen molar-refractivity contribution in [2.45, 2.75) is 52.0 Å². The van der Waals surface area contributed by atoms with Gasteiger partial charge in [0.15, 0.2) is 0 Å². The lowest BCUT2D eigenvalue weighted by Gasteiger charge is -2.37. The summed E-state index contributed by atoms with van der Waals surface area (Å²) >= 11 is 0. The van der Waals surface area contributed by atoms with Crippen molar-refractivity contribution < 1.29 is 23.8 Å². The quantitative estimate of drug-likeness (QED) is 0.649.